The van der Waals surface area contributed by atoms with Crippen molar-refractivity contribution in [3.05, 3.63) is 73.2 Å². The topological polar surface area (TPSA) is 25.8 Å². The molecule has 2 nitrogen and oxygen atoms in total. The van der Waals surface area contributed by atoms with Crippen LogP contribution in [0.25, 0.3) is 22.4 Å². The minimum Gasteiger partial charge on any atom is -0.264 e. The van der Waals surface area contributed by atoms with E-state index in [2.05, 4.69) is 22.1 Å². The molecule has 0 aliphatic heterocycles. The van der Waals surface area contributed by atoms with Gasteiger partial charge in [-0.2, -0.15) is 0 Å². The zero-order valence-corrected chi connectivity index (χ0v) is 9.82. The second-order valence-electron chi connectivity index (χ2n) is 4.00. The molecule has 0 saturated carbocycles. The van der Waals surface area contributed by atoms with E-state index in [1.165, 1.54) is 0 Å². The van der Waals surface area contributed by atoms with Crippen LogP contribution in [-0.4, -0.2) is 9.97 Å². The lowest BCUT2D eigenvalue weighted by Gasteiger charge is -2.08. The number of benzene rings is 1. The van der Waals surface area contributed by atoms with Crippen molar-refractivity contribution in [2.45, 2.75) is 0 Å². The van der Waals surface area contributed by atoms with Gasteiger partial charge in [0.2, 0.25) is 0 Å². The Hall–Kier alpha value is -2.48. The third-order valence-electron chi connectivity index (χ3n) is 2.85. The molecule has 0 radical (unpaired) electrons. The summed E-state index contributed by atoms with van der Waals surface area (Å²) in [5, 5.41) is 0. The van der Waals surface area contributed by atoms with Crippen molar-refractivity contribution >= 4 is 0 Å². The van der Waals surface area contributed by atoms with Gasteiger partial charge in [0.1, 0.15) is 0 Å². The maximum atomic E-state index is 4.41. The van der Waals surface area contributed by atoms with Crippen LogP contribution in [0.5, 0.6) is 0 Å². The fraction of sp³-hybridized carbons (Fsp3) is 0. The summed E-state index contributed by atoms with van der Waals surface area (Å²) >= 11 is 0. The fourth-order valence-electron chi connectivity index (χ4n) is 1.99. The first kappa shape index (κ1) is 10.7. The summed E-state index contributed by atoms with van der Waals surface area (Å²) in [7, 11) is 0. The molecular weight excluding hydrogens is 220 g/mol. The standard InChI is InChI=1S/C16H12N2/c1-2-6-13(7-3-1)15-12-17-11-9-14(15)16-8-4-5-10-18-16/h1-12H. The zero-order chi connectivity index (χ0) is 12.2. The Morgan fingerprint density at radius 1 is 0.667 bits per heavy atom. The van der Waals surface area contributed by atoms with Gasteiger partial charge in [-0.3, -0.25) is 9.97 Å². The predicted octanol–water partition coefficient (Wildman–Crippen LogP) is 3.81. The third-order valence-corrected chi connectivity index (χ3v) is 2.85. The Balaban J connectivity index is 2.18. The van der Waals surface area contributed by atoms with Crippen LogP contribution in [0.4, 0.5) is 0 Å². The Kier molecular flexibility index (Phi) is 2.84. The van der Waals surface area contributed by atoms with Crippen LogP contribution < -0.4 is 0 Å². The van der Waals surface area contributed by atoms with E-state index in [9.17, 15) is 0 Å². The highest BCUT2D eigenvalue weighted by Gasteiger charge is 2.07. The highest BCUT2D eigenvalue weighted by molar-refractivity contribution is 5.80. The van der Waals surface area contributed by atoms with Crippen LogP contribution >= 0.6 is 0 Å². The quantitative estimate of drug-likeness (QED) is 0.671. The molecule has 1 aromatic carbocycles. The SMILES string of the molecule is c1ccc(-c2cnccc2-c2ccccn2)cc1. The maximum Gasteiger partial charge on any atom is 0.0709 e. The number of rotatable bonds is 2. The molecule has 0 saturated heterocycles. The fourth-order valence-corrected chi connectivity index (χ4v) is 1.99. The van der Waals surface area contributed by atoms with Gasteiger partial charge in [0, 0.05) is 29.7 Å². The van der Waals surface area contributed by atoms with E-state index in [0.29, 0.717) is 0 Å². The molecule has 0 aliphatic rings. The summed E-state index contributed by atoms with van der Waals surface area (Å²) in [6.07, 6.45) is 5.50. The van der Waals surface area contributed by atoms with Gasteiger partial charge in [0.15, 0.2) is 0 Å². The van der Waals surface area contributed by atoms with Crippen LogP contribution in [0.3, 0.4) is 0 Å². The maximum absolute atomic E-state index is 4.41. The Morgan fingerprint density at radius 2 is 1.50 bits per heavy atom. The first-order valence-electron chi connectivity index (χ1n) is 5.86. The lowest BCUT2D eigenvalue weighted by Crippen LogP contribution is -1.88. The molecule has 0 spiro atoms. The van der Waals surface area contributed by atoms with E-state index in [-0.39, 0.29) is 0 Å². The van der Waals surface area contributed by atoms with Crippen LogP contribution in [-0.2, 0) is 0 Å². The molecule has 2 aromatic heterocycles. The van der Waals surface area contributed by atoms with Crippen LogP contribution in [0.1, 0.15) is 0 Å². The average Bonchev–Trinajstić information content (AvgIpc) is 2.49. The third kappa shape index (κ3) is 2.00. The molecule has 0 bridgehead atoms. The van der Waals surface area contributed by atoms with E-state index in [0.717, 1.165) is 22.4 Å². The molecule has 3 rings (SSSR count). The minimum atomic E-state index is 0.971. The molecule has 3 aromatic rings. The van der Waals surface area contributed by atoms with Gasteiger partial charge < -0.3 is 0 Å². The predicted molar refractivity (Wildman–Crippen MR) is 72.9 cm³/mol. The van der Waals surface area contributed by atoms with Crippen LogP contribution in [0.2, 0.25) is 0 Å². The summed E-state index contributed by atoms with van der Waals surface area (Å²) in [4.78, 5) is 8.63. The molecule has 86 valence electrons. The van der Waals surface area contributed by atoms with Crippen molar-refractivity contribution in [3.8, 4) is 22.4 Å². The van der Waals surface area contributed by atoms with E-state index >= 15 is 0 Å². The summed E-state index contributed by atoms with van der Waals surface area (Å²) in [5.41, 5.74) is 4.35. The summed E-state index contributed by atoms with van der Waals surface area (Å²) in [6, 6.07) is 18.2. The van der Waals surface area contributed by atoms with Crippen molar-refractivity contribution in [1.29, 1.82) is 0 Å². The highest BCUT2D eigenvalue weighted by atomic mass is 14.7. The second-order valence-corrected chi connectivity index (χ2v) is 4.00. The Bertz CT molecular complexity index is 575. The van der Waals surface area contributed by atoms with Gasteiger partial charge in [0.05, 0.1) is 5.69 Å². The van der Waals surface area contributed by atoms with Crippen LogP contribution in [0.15, 0.2) is 73.2 Å². The largest absolute Gasteiger partial charge is 0.264 e. The normalized spacial score (nSPS) is 10.2. The molecule has 18 heavy (non-hydrogen) atoms. The monoisotopic (exact) mass is 232 g/mol. The smallest absolute Gasteiger partial charge is 0.0709 e. The molecule has 0 amide bonds. The van der Waals surface area contributed by atoms with Gasteiger partial charge in [-0.1, -0.05) is 36.4 Å². The summed E-state index contributed by atoms with van der Waals surface area (Å²) in [6.45, 7) is 0. The van der Waals surface area contributed by atoms with Crippen molar-refractivity contribution < 1.29 is 0 Å². The number of aromatic nitrogens is 2. The molecule has 0 unspecified atom stereocenters. The molecular formula is C16H12N2. The van der Waals surface area contributed by atoms with E-state index in [1.807, 2.05) is 54.9 Å². The molecule has 0 atom stereocenters. The highest BCUT2D eigenvalue weighted by Crippen LogP contribution is 2.29. The molecule has 0 aliphatic carbocycles. The van der Waals surface area contributed by atoms with Crippen molar-refractivity contribution in [2.75, 3.05) is 0 Å². The molecule has 0 N–H and O–H groups in total. The van der Waals surface area contributed by atoms with Crippen molar-refractivity contribution in [1.82, 2.24) is 9.97 Å². The van der Waals surface area contributed by atoms with E-state index in [1.54, 1.807) is 6.20 Å². The lowest BCUT2D eigenvalue weighted by atomic mass is 10.00. The zero-order valence-electron chi connectivity index (χ0n) is 9.82. The van der Waals surface area contributed by atoms with Gasteiger partial charge >= 0.3 is 0 Å². The van der Waals surface area contributed by atoms with Gasteiger partial charge in [-0.25, -0.2) is 0 Å². The Morgan fingerprint density at radius 3 is 2.28 bits per heavy atom. The van der Waals surface area contributed by atoms with Crippen LogP contribution in [0, 0.1) is 0 Å². The Labute approximate surface area is 106 Å². The average molecular weight is 232 g/mol. The number of hydrogen-bond acceptors (Lipinski definition) is 2. The molecule has 0 fully saturated rings. The van der Waals surface area contributed by atoms with E-state index < -0.39 is 0 Å². The van der Waals surface area contributed by atoms with Gasteiger partial charge in [0.25, 0.3) is 0 Å². The van der Waals surface area contributed by atoms with Gasteiger partial charge in [-0.05, 0) is 23.8 Å². The summed E-state index contributed by atoms with van der Waals surface area (Å²) in [5.74, 6) is 0. The van der Waals surface area contributed by atoms with Gasteiger partial charge in [-0.15, -0.1) is 0 Å². The van der Waals surface area contributed by atoms with Crippen molar-refractivity contribution in [2.24, 2.45) is 0 Å². The molecule has 2 heterocycles. The lowest BCUT2D eigenvalue weighted by molar-refractivity contribution is 1.29. The number of nitrogens with zero attached hydrogens (tertiary/aromatic N) is 2. The number of hydrogen-bond donors (Lipinski definition) is 0. The van der Waals surface area contributed by atoms with E-state index in [4.69, 9.17) is 0 Å². The first-order chi connectivity index (χ1) is 8.95. The molecule has 2 heteroatoms. The summed E-state index contributed by atoms with van der Waals surface area (Å²) < 4.78 is 0. The van der Waals surface area contributed by atoms with Crippen molar-refractivity contribution in [3.63, 3.8) is 0 Å². The second kappa shape index (κ2) is 4.80. The minimum absolute atomic E-state index is 0.971. The first-order valence-corrected chi connectivity index (χ1v) is 5.86. The number of pyridine rings is 2.